The van der Waals surface area contributed by atoms with Crippen LogP contribution in [0, 0.1) is 5.92 Å². The standard InChI is InChI=1S/C16H22BrN3S/c1-12(2)8-18-9-13-4-5-19-16(7-13)20(3)10-14-6-15(17)21-11-14/h4-7,11-12,18H,8-10H2,1-3H3. The number of rotatable bonds is 7. The fourth-order valence-corrected chi connectivity index (χ4v) is 3.27. The zero-order valence-corrected chi connectivity index (χ0v) is 15.2. The SMILES string of the molecule is CC(C)CNCc1ccnc(N(C)Cc2csc(Br)c2)c1. The van der Waals surface area contributed by atoms with E-state index in [1.165, 1.54) is 14.9 Å². The molecule has 0 aliphatic rings. The molecule has 2 rings (SSSR count). The topological polar surface area (TPSA) is 28.2 Å². The molecule has 0 aliphatic carbocycles. The summed E-state index contributed by atoms with van der Waals surface area (Å²) in [6, 6.07) is 6.40. The Bertz CT molecular complexity index is 568. The van der Waals surface area contributed by atoms with Crippen molar-refractivity contribution < 1.29 is 0 Å². The average Bonchev–Trinajstić information content (AvgIpc) is 2.84. The largest absolute Gasteiger partial charge is 0.355 e. The Morgan fingerprint density at radius 2 is 2.14 bits per heavy atom. The lowest BCUT2D eigenvalue weighted by atomic mass is 10.2. The number of nitrogens with zero attached hydrogens (tertiary/aromatic N) is 2. The smallest absolute Gasteiger partial charge is 0.128 e. The first-order chi connectivity index (χ1) is 10.0. The molecule has 0 radical (unpaired) electrons. The Kier molecular flexibility index (Phi) is 6.21. The zero-order chi connectivity index (χ0) is 15.2. The first kappa shape index (κ1) is 16.5. The molecule has 2 aromatic rings. The van der Waals surface area contributed by atoms with Gasteiger partial charge in [-0.3, -0.25) is 0 Å². The van der Waals surface area contributed by atoms with Crippen LogP contribution in [0.2, 0.25) is 0 Å². The molecule has 21 heavy (non-hydrogen) atoms. The van der Waals surface area contributed by atoms with Crippen LogP contribution in [0.3, 0.4) is 0 Å². The van der Waals surface area contributed by atoms with E-state index in [0.29, 0.717) is 5.92 Å². The predicted molar refractivity (Wildman–Crippen MR) is 94.9 cm³/mol. The van der Waals surface area contributed by atoms with Crippen LogP contribution in [0.15, 0.2) is 33.6 Å². The van der Waals surface area contributed by atoms with Gasteiger partial charge in [-0.05, 0) is 63.1 Å². The van der Waals surface area contributed by atoms with Crippen molar-refractivity contribution in [2.75, 3.05) is 18.5 Å². The fourth-order valence-electron chi connectivity index (χ4n) is 2.07. The third kappa shape index (κ3) is 5.41. The molecule has 0 atom stereocenters. The Labute approximate surface area is 139 Å². The minimum absolute atomic E-state index is 0.672. The minimum atomic E-state index is 0.672. The summed E-state index contributed by atoms with van der Waals surface area (Å²) in [6.07, 6.45) is 1.89. The number of hydrogen-bond donors (Lipinski definition) is 1. The van der Waals surface area contributed by atoms with E-state index in [1.807, 2.05) is 6.20 Å². The van der Waals surface area contributed by atoms with Crippen LogP contribution in [0.1, 0.15) is 25.0 Å². The molecular formula is C16H22BrN3S. The second-order valence-electron chi connectivity index (χ2n) is 5.66. The van der Waals surface area contributed by atoms with E-state index >= 15 is 0 Å². The summed E-state index contributed by atoms with van der Waals surface area (Å²) in [5, 5.41) is 5.64. The number of thiophene rings is 1. The monoisotopic (exact) mass is 367 g/mol. The van der Waals surface area contributed by atoms with Crippen molar-refractivity contribution in [1.82, 2.24) is 10.3 Å². The summed E-state index contributed by atoms with van der Waals surface area (Å²) in [7, 11) is 2.08. The van der Waals surface area contributed by atoms with E-state index in [1.54, 1.807) is 11.3 Å². The van der Waals surface area contributed by atoms with Crippen LogP contribution in [0.4, 0.5) is 5.82 Å². The molecule has 0 unspecified atom stereocenters. The molecule has 3 nitrogen and oxygen atoms in total. The maximum absolute atomic E-state index is 4.48. The second kappa shape index (κ2) is 7.92. The van der Waals surface area contributed by atoms with Gasteiger partial charge in [0.1, 0.15) is 5.82 Å². The van der Waals surface area contributed by atoms with Gasteiger partial charge in [0.15, 0.2) is 0 Å². The van der Waals surface area contributed by atoms with Crippen LogP contribution < -0.4 is 10.2 Å². The highest BCUT2D eigenvalue weighted by atomic mass is 79.9. The highest BCUT2D eigenvalue weighted by Gasteiger charge is 2.06. The van der Waals surface area contributed by atoms with Gasteiger partial charge in [0.2, 0.25) is 0 Å². The van der Waals surface area contributed by atoms with E-state index in [2.05, 4.69) is 75.6 Å². The molecule has 0 bridgehead atoms. The van der Waals surface area contributed by atoms with Gasteiger partial charge in [0.25, 0.3) is 0 Å². The predicted octanol–water partition coefficient (Wildman–Crippen LogP) is 4.29. The number of anilines is 1. The summed E-state index contributed by atoms with van der Waals surface area (Å²) in [4.78, 5) is 6.66. The van der Waals surface area contributed by atoms with Crippen molar-refractivity contribution in [3.8, 4) is 0 Å². The third-order valence-electron chi connectivity index (χ3n) is 3.12. The molecule has 2 heterocycles. The Balaban J connectivity index is 1.95. The highest BCUT2D eigenvalue weighted by molar-refractivity contribution is 9.11. The molecule has 0 fully saturated rings. The van der Waals surface area contributed by atoms with Crippen LogP contribution in [0.25, 0.3) is 0 Å². The van der Waals surface area contributed by atoms with Crippen molar-refractivity contribution >= 4 is 33.1 Å². The van der Waals surface area contributed by atoms with Gasteiger partial charge < -0.3 is 10.2 Å². The molecule has 1 N–H and O–H groups in total. The lowest BCUT2D eigenvalue weighted by molar-refractivity contribution is 0.552. The van der Waals surface area contributed by atoms with Crippen molar-refractivity contribution in [1.29, 1.82) is 0 Å². The number of halogens is 1. The zero-order valence-electron chi connectivity index (χ0n) is 12.8. The highest BCUT2D eigenvalue weighted by Crippen LogP contribution is 2.23. The molecule has 0 aromatic carbocycles. The molecule has 0 aliphatic heterocycles. The van der Waals surface area contributed by atoms with E-state index in [0.717, 1.165) is 25.5 Å². The van der Waals surface area contributed by atoms with Crippen molar-refractivity contribution in [3.63, 3.8) is 0 Å². The van der Waals surface area contributed by atoms with Crippen LogP contribution >= 0.6 is 27.3 Å². The minimum Gasteiger partial charge on any atom is -0.355 e. The van der Waals surface area contributed by atoms with E-state index < -0.39 is 0 Å². The molecular weight excluding hydrogens is 346 g/mol. The summed E-state index contributed by atoms with van der Waals surface area (Å²) in [6.45, 7) is 7.25. The second-order valence-corrected chi connectivity index (χ2v) is 7.95. The van der Waals surface area contributed by atoms with E-state index in [-0.39, 0.29) is 0 Å². The van der Waals surface area contributed by atoms with Crippen molar-refractivity contribution in [2.45, 2.75) is 26.9 Å². The lowest BCUT2D eigenvalue weighted by Crippen LogP contribution is -2.20. The average molecular weight is 368 g/mol. The van der Waals surface area contributed by atoms with Gasteiger partial charge in [-0.1, -0.05) is 13.8 Å². The Morgan fingerprint density at radius 1 is 1.33 bits per heavy atom. The maximum atomic E-state index is 4.48. The van der Waals surface area contributed by atoms with Gasteiger partial charge in [-0.25, -0.2) is 4.98 Å². The summed E-state index contributed by atoms with van der Waals surface area (Å²) >= 11 is 5.22. The fraction of sp³-hybridized carbons (Fsp3) is 0.438. The number of hydrogen-bond acceptors (Lipinski definition) is 4. The summed E-state index contributed by atoms with van der Waals surface area (Å²) in [5.41, 5.74) is 2.58. The Hall–Kier alpha value is -0.910. The third-order valence-corrected chi connectivity index (χ3v) is 4.68. The number of aromatic nitrogens is 1. The van der Waals surface area contributed by atoms with Crippen LogP contribution in [0.5, 0.6) is 0 Å². The maximum Gasteiger partial charge on any atom is 0.128 e. The first-order valence-electron chi connectivity index (χ1n) is 7.14. The van der Waals surface area contributed by atoms with E-state index in [9.17, 15) is 0 Å². The lowest BCUT2D eigenvalue weighted by Gasteiger charge is -2.18. The van der Waals surface area contributed by atoms with Gasteiger partial charge in [0, 0.05) is 26.3 Å². The summed E-state index contributed by atoms with van der Waals surface area (Å²) < 4.78 is 1.17. The number of pyridine rings is 1. The molecule has 5 heteroatoms. The van der Waals surface area contributed by atoms with Crippen LogP contribution in [-0.2, 0) is 13.1 Å². The quantitative estimate of drug-likeness (QED) is 0.790. The molecule has 0 spiro atoms. The van der Waals surface area contributed by atoms with Crippen molar-refractivity contribution in [3.05, 3.63) is 44.7 Å². The molecule has 0 amide bonds. The van der Waals surface area contributed by atoms with Crippen LogP contribution in [-0.4, -0.2) is 18.6 Å². The molecule has 0 saturated carbocycles. The normalized spacial score (nSPS) is 11.1. The Morgan fingerprint density at radius 3 is 2.81 bits per heavy atom. The van der Waals surface area contributed by atoms with Gasteiger partial charge >= 0.3 is 0 Å². The first-order valence-corrected chi connectivity index (χ1v) is 8.81. The molecule has 0 saturated heterocycles. The molecule has 114 valence electrons. The van der Waals surface area contributed by atoms with Crippen molar-refractivity contribution in [2.24, 2.45) is 5.92 Å². The molecule has 2 aromatic heterocycles. The van der Waals surface area contributed by atoms with E-state index in [4.69, 9.17) is 0 Å². The van der Waals surface area contributed by atoms with Gasteiger partial charge in [0.05, 0.1) is 3.79 Å². The van der Waals surface area contributed by atoms with Gasteiger partial charge in [-0.2, -0.15) is 0 Å². The summed E-state index contributed by atoms with van der Waals surface area (Å²) in [5.74, 6) is 1.69. The van der Waals surface area contributed by atoms with Gasteiger partial charge in [-0.15, -0.1) is 11.3 Å². The number of nitrogens with one attached hydrogen (secondary N) is 1.